The summed E-state index contributed by atoms with van der Waals surface area (Å²) >= 11 is 24.3. The van der Waals surface area contributed by atoms with Crippen molar-refractivity contribution in [3.8, 4) is 0 Å². The Labute approximate surface area is 177 Å². The molecule has 140 valence electrons. The number of benzene rings is 1. The number of nitrogens with zero attached hydrogens (tertiary/aromatic N) is 3. The highest BCUT2D eigenvalue weighted by Gasteiger charge is 2.22. The number of amides is 1. The van der Waals surface area contributed by atoms with Gasteiger partial charge in [0.15, 0.2) is 0 Å². The maximum atomic E-state index is 13.2. The molecule has 0 saturated heterocycles. The van der Waals surface area contributed by atoms with Crippen LogP contribution < -0.4 is 0 Å². The van der Waals surface area contributed by atoms with Gasteiger partial charge in [0.05, 0.1) is 27.3 Å². The number of hydrogen-bond acceptors (Lipinski definition) is 2. The Balaban J connectivity index is 1.94. The van der Waals surface area contributed by atoms with E-state index in [0.29, 0.717) is 39.0 Å². The molecule has 2 aromatic heterocycles. The van der Waals surface area contributed by atoms with Crippen molar-refractivity contribution in [1.29, 1.82) is 0 Å². The van der Waals surface area contributed by atoms with Crippen molar-refractivity contribution in [2.75, 3.05) is 0 Å². The van der Waals surface area contributed by atoms with E-state index in [2.05, 4.69) is 4.98 Å². The molecule has 0 fully saturated rings. The second-order valence-corrected chi connectivity index (χ2v) is 7.54. The van der Waals surface area contributed by atoms with Gasteiger partial charge in [0.2, 0.25) is 0 Å². The van der Waals surface area contributed by atoms with Gasteiger partial charge in [-0.05, 0) is 35.9 Å². The number of pyridine rings is 1. The van der Waals surface area contributed by atoms with E-state index in [0.717, 1.165) is 11.3 Å². The van der Waals surface area contributed by atoms with Crippen LogP contribution in [0.1, 0.15) is 21.7 Å². The fraction of sp³-hybridized carbons (Fsp3) is 0.158. The van der Waals surface area contributed by atoms with E-state index in [-0.39, 0.29) is 5.91 Å². The maximum absolute atomic E-state index is 13.2. The first-order chi connectivity index (χ1) is 12.9. The average Bonchev–Trinajstić information content (AvgIpc) is 2.92. The van der Waals surface area contributed by atoms with Crippen LogP contribution in [0, 0.1) is 0 Å². The lowest BCUT2D eigenvalue weighted by molar-refractivity contribution is 0.0718. The Kier molecular flexibility index (Phi) is 6.33. The van der Waals surface area contributed by atoms with E-state index in [1.54, 1.807) is 40.9 Å². The zero-order chi connectivity index (χ0) is 19.6. The van der Waals surface area contributed by atoms with E-state index in [9.17, 15) is 4.79 Å². The number of hydrogen-bond donors (Lipinski definition) is 0. The molecule has 0 aliphatic rings. The van der Waals surface area contributed by atoms with Gasteiger partial charge in [0.25, 0.3) is 5.91 Å². The number of carbonyl (C=O) groups excluding carboxylic acids is 1. The topological polar surface area (TPSA) is 38.1 Å². The monoisotopic (exact) mass is 441 g/mol. The molecular weight excluding hydrogens is 428 g/mol. The van der Waals surface area contributed by atoms with Gasteiger partial charge in [0.1, 0.15) is 10.8 Å². The molecule has 0 aliphatic carbocycles. The van der Waals surface area contributed by atoms with E-state index in [4.69, 9.17) is 46.4 Å². The third kappa shape index (κ3) is 4.58. The van der Waals surface area contributed by atoms with Crippen molar-refractivity contribution in [3.05, 3.63) is 85.8 Å². The standard InChI is InChI=1S/C19H15Cl4N3O/c1-25-17(9-16(22)18(25)23)19(27)26(11-13-4-2-3-7-24-13)10-12-5-6-14(20)15(21)8-12/h2-9H,10-11H2,1H3. The summed E-state index contributed by atoms with van der Waals surface area (Å²) < 4.78 is 1.56. The second-order valence-electron chi connectivity index (χ2n) is 5.96. The summed E-state index contributed by atoms with van der Waals surface area (Å²) in [5, 5.41) is 1.54. The van der Waals surface area contributed by atoms with Gasteiger partial charge >= 0.3 is 0 Å². The summed E-state index contributed by atoms with van der Waals surface area (Å²) in [5.41, 5.74) is 2.00. The van der Waals surface area contributed by atoms with Gasteiger partial charge in [0, 0.05) is 19.8 Å². The zero-order valence-electron chi connectivity index (χ0n) is 14.3. The first kappa shape index (κ1) is 20.0. The summed E-state index contributed by atoms with van der Waals surface area (Å²) in [5.74, 6) is -0.219. The fourth-order valence-electron chi connectivity index (χ4n) is 2.65. The van der Waals surface area contributed by atoms with Crippen LogP contribution >= 0.6 is 46.4 Å². The zero-order valence-corrected chi connectivity index (χ0v) is 17.3. The molecule has 0 bridgehead atoms. The van der Waals surface area contributed by atoms with Crippen LogP contribution in [0.5, 0.6) is 0 Å². The minimum atomic E-state index is -0.219. The predicted octanol–water partition coefficient (Wildman–Crippen LogP) is 5.88. The lowest BCUT2D eigenvalue weighted by atomic mass is 10.2. The second kappa shape index (κ2) is 8.53. The molecule has 8 heteroatoms. The molecule has 27 heavy (non-hydrogen) atoms. The molecule has 1 amide bonds. The highest BCUT2D eigenvalue weighted by atomic mass is 35.5. The largest absolute Gasteiger partial charge is 0.329 e. The van der Waals surface area contributed by atoms with Gasteiger partial charge in [-0.25, -0.2) is 0 Å². The van der Waals surface area contributed by atoms with Gasteiger partial charge in [-0.15, -0.1) is 0 Å². The van der Waals surface area contributed by atoms with Crippen molar-refractivity contribution in [3.63, 3.8) is 0 Å². The highest BCUT2D eigenvalue weighted by Crippen LogP contribution is 2.27. The SMILES string of the molecule is Cn1c(C(=O)N(Cc2ccc(Cl)c(Cl)c2)Cc2ccccn2)cc(Cl)c1Cl. The third-order valence-electron chi connectivity index (χ3n) is 4.06. The third-order valence-corrected chi connectivity index (χ3v) is 5.64. The molecule has 1 aromatic carbocycles. The molecule has 0 radical (unpaired) electrons. The fourth-order valence-corrected chi connectivity index (χ4v) is 3.35. The Morgan fingerprint density at radius 1 is 1.00 bits per heavy atom. The Hall–Kier alpha value is -1.72. The number of rotatable bonds is 5. The summed E-state index contributed by atoms with van der Waals surface area (Å²) in [6.07, 6.45) is 1.69. The minimum Gasteiger partial charge on any atom is -0.329 e. The normalized spacial score (nSPS) is 10.9. The summed E-state index contributed by atoms with van der Waals surface area (Å²) in [6, 6.07) is 12.4. The molecule has 3 rings (SSSR count). The van der Waals surface area contributed by atoms with Gasteiger partial charge in [-0.2, -0.15) is 0 Å². The molecular formula is C19H15Cl4N3O. The number of halogens is 4. The molecule has 0 saturated carbocycles. The quantitative estimate of drug-likeness (QED) is 0.495. The van der Waals surface area contributed by atoms with E-state index in [1.165, 1.54) is 0 Å². The Bertz CT molecular complexity index is 973. The molecule has 0 aliphatic heterocycles. The van der Waals surface area contributed by atoms with Crippen molar-refractivity contribution >= 4 is 52.3 Å². The number of aromatic nitrogens is 2. The first-order valence-corrected chi connectivity index (χ1v) is 9.52. The molecule has 0 atom stereocenters. The number of carbonyl (C=O) groups is 1. The molecule has 0 N–H and O–H groups in total. The van der Waals surface area contributed by atoms with Crippen LogP contribution in [0.2, 0.25) is 20.2 Å². The van der Waals surface area contributed by atoms with Crippen LogP contribution in [-0.4, -0.2) is 20.4 Å². The van der Waals surface area contributed by atoms with Crippen molar-refractivity contribution in [2.45, 2.75) is 13.1 Å². The molecule has 0 spiro atoms. The van der Waals surface area contributed by atoms with Crippen LogP contribution in [0.15, 0.2) is 48.7 Å². The van der Waals surface area contributed by atoms with Gasteiger partial charge in [-0.1, -0.05) is 58.5 Å². The molecule has 3 aromatic rings. The van der Waals surface area contributed by atoms with Crippen molar-refractivity contribution < 1.29 is 4.79 Å². The van der Waals surface area contributed by atoms with Crippen LogP contribution in [-0.2, 0) is 20.1 Å². The molecule has 2 heterocycles. The Morgan fingerprint density at radius 2 is 1.78 bits per heavy atom. The van der Waals surface area contributed by atoms with E-state index in [1.807, 2.05) is 24.3 Å². The summed E-state index contributed by atoms with van der Waals surface area (Å²) in [7, 11) is 1.69. The highest BCUT2D eigenvalue weighted by molar-refractivity contribution is 6.42. The minimum absolute atomic E-state index is 0.219. The van der Waals surface area contributed by atoms with Crippen molar-refractivity contribution in [1.82, 2.24) is 14.5 Å². The van der Waals surface area contributed by atoms with Crippen LogP contribution in [0.3, 0.4) is 0 Å². The lowest BCUT2D eigenvalue weighted by Gasteiger charge is -2.23. The first-order valence-electron chi connectivity index (χ1n) is 8.00. The molecule has 4 nitrogen and oxygen atoms in total. The smallest absolute Gasteiger partial charge is 0.271 e. The van der Waals surface area contributed by atoms with Crippen LogP contribution in [0.4, 0.5) is 0 Å². The van der Waals surface area contributed by atoms with Crippen molar-refractivity contribution in [2.24, 2.45) is 7.05 Å². The average molecular weight is 443 g/mol. The lowest BCUT2D eigenvalue weighted by Crippen LogP contribution is -2.31. The van der Waals surface area contributed by atoms with E-state index >= 15 is 0 Å². The molecule has 0 unspecified atom stereocenters. The Morgan fingerprint density at radius 3 is 2.37 bits per heavy atom. The summed E-state index contributed by atoms with van der Waals surface area (Å²) in [6.45, 7) is 0.646. The van der Waals surface area contributed by atoms with Gasteiger partial charge in [-0.3, -0.25) is 9.78 Å². The van der Waals surface area contributed by atoms with E-state index < -0.39 is 0 Å². The van der Waals surface area contributed by atoms with Gasteiger partial charge < -0.3 is 9.47 Å². The summed E-state index contributed by atoms with van der Waals surface area (Å²) in [4.78, 5) is 19.2. The predicted molar refractivity (Wildman–Crippen MR) is 110 cm³/mol. The van der Waals surface area contributed by atoms with Crippen LogP contribution in [0.25, 0.3) is 0 Å². The maximum Gasteiger partial charge on any atom is 0.271 e.